The Morgan fingerprint density at radius 1 is 0.437 bits per heavy atom. The Labute approximate surface area is 798 Å². The second-order valence-electron chi connectivity index (χ2n) is 32.7. The molecule has 3 unspecified atom stereocenters. The zero-order valence-electron chi connectivity index (χ0n) is 75.4. The van der Waals surface area contributed by atoms with Crippen molar-refractivity contribution in [3.8, 4) is 5.69 Å². The van der Waals surface area contributed by atoms with Crippen molar-refractivity contribution in [2.75, 3.05) is 59.7 Å². The normalized spacial score (nSPS) is 14.0. The molecule has 0 bridgehead atoms. The summed E-state index contributed by atoms with van der Waals surface area (Å²) >= 11 is 6.25. The number of amides is 6. The number of nitrogen functional groups attached to an aromatic ring is 5. The van der Waals surface area contributed by atoms with Crippen molar-refractivity contribution in [2.45, 2.75) is 148 Å². The van der Waals surface area contributed by atoms with Gasteiger partial charge in [0.2, 0.25) is 0 Å². The van der Waals surface area contributed by atoms with E-state index in [-0.39, 0.29) is 65.9 Å². The van der Waals surface area contributed by atoms with E-state index >= 15 is 0 Å². The molecular formula is C94H97FN24O9S7. The van der Waals surface area contributed by atoms with Crippen LogP contribution in [0.25, 0.3) is 56.8 Å². The number of nitrogens with zero attached hydrogens (tertiary/aromatic N) is 14. The van der Waals surface area contributed by atoms with Crippen LogP contribution in [0.2, 0.25) is 0 Å². The lowest BCUT2D eigenvalue weighted by atomic mass is 10.1. The lowest BCUT2D eigenvalue weighted by Gasteiger charge is -2.39. The number of likely N-dealkylation sites (tertiary alicyclic amines) is 1. The molecule has 0 radical (unpaired) electrons. The Morgan fingerprint density at radius 2 is 0.785 bits per heavy atom. The summed E-state index contributed by atoms with van der Waals surface area (Å²) in [5.74, 6) is -1.16. The van der Waals surface area contributed by atoms with Crippen LogP contribution >= 0.6 is 56.7 Å². The maximum atomic E-state index is 13.1. The van der Waals surface area contributed by atoms with Crippen LogP contribution in [0, 0.1) is 69.2 Å². The van der Waals surface area contributed by atoms with Gasteiger partial charge in [-0.15, -0.1) is 82.2 Å². The largest absolute Gasteiger partial charge is 0.397 e. The molecule has 19 rings (SSSR count). The van der Waals surface area contributed by atoms with Crippen molar-refractivity contribution in [2.24, 2.45) is 0 Å². The number of thiophene rings is 5. The summed E-state index contributed by atoms with van der Waals surface area (Å²) in [5, 5.41) is 59.7. The lowest BCUT2D eigenvalue weighted by molar-refractivity contribution is 0.0543. The number of alkyl halides is 1. The van der Waals surface area contributed by atoms with E-state index in [4.69, 9.17) is 28.7 Å². The molecule has 3 atom stereocenters. The fourth-order valence-electron chi connectivity index (χ4n) is 15.1. The minimum atomic E-state index is -3.20. The molecule has 15 N–H and O–H groups in total. The van der Waals surface area contributed by atoms with Gasteiger partial charge in [-0.1, -0.05) is 72.8 Å². The lowest BCUT2D eigenvalue weighted by Crippen LogP contribution is -2.60. The standard InChI is InChI=1S/C19H18N6OS.C19H19N5O2S.C19H21N5OS.C19H20N4O3S2.C18H19FN4O2S2/c1-11-12(2)23-24-19-15(11)16(20)17(27-19)18(26)22-9-13-3-5-14(6-4-13)25-8-7-21-10-25;1-10-11(2)22-23-18-14(10)15(20)16(27-18)17(25)21-13-8-24(9-13)19(26)12-6-4-3-5-7-12;1-11-12(2)22-23-19-15(11)16(20)17(26-19)18(25)21-13-8-9-24(10-13)14-6-4-3-5-7-14;1-10-11(2)22-23-19-15(10)16(20)17(27-19)18(24)21-9-12-3-5-13(6-4-12)28(25,26)14-7-8-14;1-9-10(2)22-23-18-14(9)15(20)16(26-18)17(24)21-8-12-4-6-13(7-5-12)27(25)11(3)19/h3-8,10H,9,20H2,1-2H3,(H,22,26);3-7,13H,8-9,20H2,1-2H3,(H,21,25);3-7,13H,8-10,20H2,1-2H3,(H,21,25);3-6,14H,7-9,20H2,1-2H3,(H,21,24);4-7,11H,8,20H2,1-3H3,(H,21,24). The molecular weight excluding hydrogens is 1850 g/mol. The Kier molecular flexibility index (Phi) is 29.0. The number of sulfone groups is 1. The van der Waals surface area contributed by atoms with Gasteiger partial charge >= 0.3 is 0 Å². The maximum Gasteiger partial charge on any atom is 0.263 e. The van der Waals surface area contributed by atoms with E-state index in [2.05, 4.69) is 99.6 Å². The number of aryl methyl sites for hydroxylation is 10. The van der Waals surface area contributed by atoms with Crippen molar-refractivity contribution in [3.63, 3.8) is 0 Å². The molecule has 3 aliphatic rings. The predicted octanol–water partition coefficient (Wildman–Crippen LogP) is 14.0. The van der Waals surface area contributed by atoms with E-state index in [1.807, 2.05) is 141 Å². The molecule has 11 aromatic heterocycles. The van der Waals surface area contributed by atoms with Gasteiger partial charge in [-0.25, -0.2) is 17.8 Å². The predicted molar refractivity (Wildman–Crippen MR) is 532 cm³/mol. The monoisotopic (exact) mass is 1950 g/mol. The second kappa shape index (κ2) is 40.9. The number of carbonyl (C=O) groups excluding carboxylic acids is 6. The summed E-state index contributed by atoms with van der Waals surface area (Å²) in [5.41, 5.74) is 46.1. The quantitative estimate of drug-likeness (QED) is 0.0339. The number of para-hydroxylation sites is 1. The third kappa shape index (κ3) is 20.9. The van der Waals surface area contributed by atoms with Crippen molar-refractivity contribution in [1.29, 1.82) is 0 Å². The van der Waals surface area contributed by atoms with Gasteiger partial charge in [0.25, 0.3) is 35.4 Å². The fraction of sp³-hybridized carbons (Fsp3) is 0.266. The number of hydrogen-bond donors (Lipinski definition) is 10. The minimum Gasteiger partial charge on any atom is -0.397 e. The fourth-order valence-corrected chi connectivity index (χ4v) is 22.6. The number of aromatic nitrogens is 12. The third-order valence-corrected chi connectivity index (χ3v) is 32.7. The average Bonchev–Trinajstić information content (AvgIpc) is 1.63. The number of rotatable bonds is 20. The van der Waals surface area contributed by atoms with Crippen molar-refractivity contribution >= 4 is 198 Å². The molecule has 16 aromatic rings. The van der Waals surface area contributed by atoms with E-state index in [1.165, 1.54) is 69.3 Å². The zero-order chi connectivity index (χ0) is 96.1. The maximum absolute atomic E-state index is 13.1. The first kappa shape index (κ1) is 95.8. The van der Waals surface area contributed by atoms with Crippen molar-refractivity contribution in [3.05, 3.63) is 255 Å². The van der Waals surface area contributed by atoms with Crippen molar-refractivity contribution < 1.29 is 45.8 Å². The number of nitrogens with two attached hydrogens (primary N) is 5. The number of carbonyl (C=O) groups is 6. The van der Waals surface area contributed by atoms with Gasteiger partial charge in [0.15, 0.2) is 15.3 Å². The molecule has 1 saturated carbocycles. The Balaban J connectivity index is 0.000000128. The first-order valence-corrected chi connectivity index (χ1v) is 49.7. The molecule has 2 aliphatic heterocycles. The number of nitrogens with one attached hydrogen (secondary N) is 5. The second-order valence-corrected chi connectivity index (χ2v) is 41.7. The number of anilines is 6. The smallest absolute Gasteiger partial charge is 0.263 e. The molecule has 13 heterocycles. The van der Waals surface area contributed by atoms with E-state index < -0.39 is 26.1 Å². The van der Waals surface area contributed by atoms with Gasteiger partial charge in [-0.05, 0) is 201 Å². The summed E-state index contributed by atoms with van der Waals surface area (Å²) in [6.07, 6.45) is 7.75. The topological polar surface area (TPSA) is 497 Å². The molecule has 2 saturated heterocycles. The highest BCUT2D eigenvalue weighted by Crippen LogP contribution is 2.41. The summed E-state index contributed by atoms with van der Waals surface area (Å²) in [7, 11) is -4.88. The van der Waals surface area contributed by atoms with Crippen LogP contribution in [-0.4, -0.2) is 163 Å². The van der Waals surface area contributed by atoms with Crippen LogP contribution in [0.5, 0.6) is 0 Å². The molecule has 1 aliphatic carbocycles. The van der Waals surface area contributed by atoms with Crippen LogP contribution in [0.15, 0.2) is 162 Å². The number of imidazole rings is 1. The number of halogens is 1. The first-order valence-electron chi connectivity index (χ1n) is 42.9. The highest BCUT2D eigenvalue weighted by atomic mass is 32.2. The first-order chi connectivity index (χ1) is 64.6. The minimum absolute atomic E-state index is 0.0242. The number of benzene rings is 5. The van der Waals surface area contributed by atoms with E-state index in [9.17, 15) is 45.8 Å². The van der Waals surface area contributed by atoms with Crippen LogP contribution in [-0.2, 0) is 40.3 Å². The molecule has 135 heavy (non-hydrogen) atoms. The van der Waals surface area contributed by atoms with Gasteiger partial charge in [0.1, 0.15) is 48.5 Å². The van der Waals surface area contributed by atoms with E-state index in [0.29, 0.717) is 112 Å². The highest BCUT2D eigenvalue weighted by Gasteiger charge is 2.38. The summed E-state index contributed by atoms with van der Waals surface area (Å²) in [6, 6.07) is 40.6. The third-order valence-electron chi connectivity index (χ3n) is 23.6. The van der Waals surface area contributed by atoms with Gasteiger partial charge in [0.05, 0.1) is 90.2 Å². The van der Waals surface area contributed by atoms with E-state index in [0.717, 1.165) is 138 Å². The molecule has 5 aromatic carbocycles. The Hall–Kier alpha value is -13.8. The number of fused-ring (bicyclic) bond motifs is 5. The molecule has 0 spiro atoms. The molecule has 6 amide bonds. The van der Waals surface area contributed by atoms with Crippen LogP contribution in [0.4, 0.5) is 38.5 Å². The van der Waals surface area contributed by atoms with E-state index in [1.54, 1.807) is 78.1 Å². The Morgan fingerprint density at radius 3 is 1.14 bits per heavy atom. The summed E-state index contributed by atoms with van der Waals surface area (Å²) < 4.78 is 51.2. The van der Waals surface area contributed by atoms with Crippen LogP contribution < -0.4 is 60.2 Å². The highest BCUT2D eigenvalue weighted by molar-refractivity contribution is 7.92. The van der Waals surface area contributed by atoms with Gasteiger partial charge in [-0.2, -0.15) is 25.5 Å². The van der Waals surface area contributed by atoms with Gasteiger partial charge < -0.3 is 69.6 Å². The average molecular weight is 1950 g/mol. The van der Waals surface area contributed by atoms with Gasteiger partial charge in [-0.3, -0.25) is 33.0 Å². The molecule has 41 heteroatoms. The SMILES string of the molecule is Cc1nnc2sc(C(=O)NC3CCN(c4ccccc4)C3)c(N)c2c1C.Cc1nnc2sc(C(=O)NC3CN(C(=O)c4ccccc4)C3)c(N)c2c1C.Cc1nnc2sc(C(=O)NCc3ccc(-n4ccnc4)cc3)c(N)c2c1C.Cc1nnc2sc(C(=O)NCc3ccc(S(=O)(=O)C4CC4)cc3)c(N)c2c1C.Cc1nnc2sc(C(=O)NCc3ccc(S(=O)C(C)F)cc3)c(N)c2c1C. The van der Waals surface area contributed by atoms with Crippen LogP contribution in [0.3, 0.4) is 0 Å². The van der Waals surface area contributed by atoms with Crippen molar-refractivity contribution in [1.82, 2.24) is 92.0 Å². The molecule has 33 nitrogen and oxygen atoms in total. The Bertz CT molecular complexity index is 7350. The number of hydrogen-bond acceptors (Lipinski definition) is 31. The summed E-state index contributed by atoms with van der Waals surface area (Å²) in [6.45, 7) is 23.9. The summed E-state index contributed by atoms with van der Waals surface area (Å²) in [4.78, 5) is 89.9. The van der Waals surface area contributed by atoms with Crippen LogP contribution in [0.1, 0.15) is 158 Å². The molecule has 696 valence electrons. The van der Waals surface area contributed by atoms with Gasteiger partial charge in [0, 0.05) is 113 Å². The molecule has 3 fully saturated rings. The zero-order valence-corrected chi connectivity index (χ0v) is 81.1.